The van der Waals surface area contributed by atoms with Crippen molar-refractivity contribution in [2.24, 2.45) is 0 Å². The molecule has 1 rings (SSSR count). The molecule has 1 aromatic carbocycles. The van der Waals surface area contributed by atoms with Gasteiger partial charge >= 0.3 is 17.5 Å². The molecule has 9 heteroatoms. The molecular formula is C10H11F3O4SY. The van der Waals surface area contributed by atoms with Gasteiger partial charge < -0.3 is 4.74 Å². The molecule has 0 heterocycles. The van der Waals surface area contributed by atoms with Crippen molar-refractivity contribution >= 4 is 11.4 Å². The number of alkyl halides is 3. The molecule has 0 aliphatic rings. The Balaban J connectivity index is 0.00000324. The Kier molecular flexibility index (Phi) is 8.50. The van der Waals surface area contributed by atoms with Crippen LogP contribution in [0.3, 0.4) is 0 Å². The third kappa shape index (κ3) is 6.42. The summed E-state index contributed by atoms with van der Waals surface area (Å²) in [5, 5.41) is 0. The normalized spacial score (nSPS) is 14.6. The topological polar surface area (TPSA) is 55.8 Å². The third-order valence-electron chi connectivity index (χ3n) is 2.13. The summed E-state index contributed by atoms with van der Waals surface area (Å²) < 4.78 is 65.5. The second-order valence-corrected chi connectivity index (χ2v) is 4.00. The third-order valence-corrected chi connectivity index (χ3v) is 2.52. The van der Waals surface area contributed by atoms with Crippen molar-refractivity contribution in [1.29, 1.82) is 0 Å². The molecule has 0 spiro atoms. The van der Waals surface area contributed by atoms with Gasteiger partial charge in [0.05, 0.1) is 12.2 Å². The molecule has 2 atom stereocenters. The Morgan fingerprint density at radius 2 is 1.84 bits per heavy atom. The summed E-state index contributed by atoms with van der Waals surface area (Å²) in [6.07, 6.45) is -5.32. The Bertz CT molecular complexity index is 410. The van der Waals surface area contributed by atoms with Gasteiger partial charge in [-0.1, -0.05) is 12.1 Å². The molecule has 0 saturated carbocycles. The fourth-order valence-corrected chi connectivity index (χ4v) is 1.68. The molecule has 0 aliphatic heterocycles. The summed E-state index contributed by atoms with van der Waals surface area (Å²) in [5.41, 5.74) is -0.472. The number of ether oxygens (including phenoxy) is 1. The van der Waals surface area contributed by atoms with Crippen LogP contribution in [-0.2, 0) is 59.2 Å². The maximum Gasteiger partial charge on any atom is 0.416 e. The van der Waals surface area contributed by atoms with E-state index in [1.807, 2.05) is 0 Å². The van der Waals surface area contributed by atoms with Crippen LogP contribution in [0.2, 0.25) is 0 Å². The first kappa shape index (κ1) is 19.1. The number of halogens is 3. The summed E-state index contributed by atoms with van der Waals surface area (Å²) in [7, 11) is 1.35. The van der Waals surface area contributed by atoms with Gasteiger partial charge in [-0.15, -0.1) is 0 Å². The predicted octanol–water partition coefficient (Wildman–Crippen LogP) is 2.54. The molecule has 1 N–H and O–H groups in total. The van der Waals surface area contributed by atoms with Gasteiger partial charge in [-0.25, -0.2) is 0 Å². The largest absolute Gasteiger partial charge is 0.416 e. The Morgan fingerprint density at radius 3 is 2.21 bits per heavy atom. The summed E-state index contributed by atoms with van der Waals surface area (Å²) in [6, 6.07) is 4.11. The molecule has 0 aromatic heterocycles. The van der Waals surface area contributed by atoms with Crippen molar-refractivity contribution in [3.8, 4) is 0 Å². The first-order chi connectivity index (χ1) is 8.34. The smallest absolute Gasteiger partial charge is 0.382 e. The van der Waals surface area contributed by atoms with E-state index in [0.717, 1.165) is 12.1 Å². The second kappa shape index (κ2) is 8.43. The van der Waals surface area contributed by atoms with Gasteiger partial charge in [-0.3, -0.25) is 8.74 Å². The fourth-order valence-electron chi connectivity index (χ4n) is 1.32. The zero-order chi connectivity index (χ0) is 13.8. The molecule has 19 heavy (non-hydrogen) atoms. The second-order valence-electron chi connectivity index (χ2n) is 3.38. The number of hydrogen-bond acceptors (Lipinski definition) is 3. The zero-order valence-corrected chi connectivity index (χ0v) is 13.5. The van der Waals surface area contributed by atoms with Crippen molar-refractivity contribution in [3.63, 3.8) is 0 Å². The van der Waals surface area contributed by atoms with Crippen molar-refractivity contribution < 1.29 is 63.6 Å². The van der Waals surface area contributed by atoms with Crippen LogP contribution in [0, 0.1) is 0 Å². The predicted molar refractivity (Wildman–Crippen MR) is 57.9 cm³/mol. The van der Waals surface area contributed by atoms with Crippen LogP contribution >= 0.6 is 0 Å². The first-order valence-corrected chi connectivity index (χ1v) is 5.82. The minimum Gasteiger partial charge on any atom is -0.382 e. The van der Waals surface area contributed by atoms with Crippen LogP contribution in [0.25, 0.3) is 0 Å². The van der Waals surface area contributed by atoms with Crippen molar-refractivity contribution in [3.05, 3.63) is 35.4 Å². The van der Waals surface area contributed by atoms with Gasteiger partial charge in [0.15, 0.2) is 0 Å². The average Bonchev–Trinajstić information content (AvgIpc) is 2.27. The van der Waals surface area contributed by atoms with Crippen molar-refractivity contribution in [2.45, 2.75) is 12.3 Å². The van der Waals surface area contributed by atoms with E-state index in [0.29, 0.717) is 5.56 Å². The maximum atomic E-state index is 12.3. The molecule has 1 radical (unpaired) electrons. The van der Waals surface area contributed by atoms with Gasteiger partial charge in [0.2, 0.25) is 0 Å². The molecule has 0 fully saturated rings. The van der Waals surface area contributed by atoms with E-state index in [1.165, 1.54) is 19.2 Å². The summed E-state index contributed by atoms with van der Waals surface area (Å²) >= 11 is -2.52. The zero-order valence-electron chi connectivity index (χ0n) is 9.89. The minimum atomic E-state index is -4.42. The standard InChI is InChI=1S/C10H11F3O4S.Y/c1-16-6-9(17-18(14)15)7-2-4-8(5-3-7)10(11,12)13;/h2-5,9H,6H2,1H3,(H,14,15);/t9-;/m0./s1. The van der Waals surface area contributed by atoms with Crippen LogP contribution in [0.4, 0.5) is 13.2 Å². The quantitative estimate of drug-likeness (QED) is 0.807. The van der Waals surface area contributed by atoms with Crippen LogP contribution in [-0.4, -0.2) is 22.5 Å². The molecule has 0 amide bonds. The van der Waals surface area contributed by atoms with Crippen LogP contribution in [0.5, 0.6) is 0 Å². The van der Waals surface area contributed by atoms with E-state index >= 15 is 0 Å². The molecular weight excluding hydrogens is 362 g/mol. The molecule has 105 valence electrons. The van der Waals surface area contributed by atoms with Gasteiger partial charge in [0.1, 0.15) is 6.10 Å². The Morgan fingerprint density at radius 1 is 1.32 bits per heavy atom. The average molecular weight is 373 g/mol. The van der Waals surface area contributed by atoms with Gasteiger partial charge in [-0.05, 0) is 17.7 Å². The van der Waals surface area contributed by atoms with Gasteiger partial charge in [0.25, 0.3) is 0 Å². The van der Waals surface area contributed by atoms with Crippen molar-refractivity contribution in [2.75, 3.05) is 13.7 Å². The van der Waals surface area contributed by atoms with E-state index < -0.39 is 29.2 Å². The van der Waals surface area contributed by atoms with Gasteiger partial charge in [0, 0.05) is 39.8 Å². The first-order valence-electron chi connectivity index (χ1n) is 4.78. The number of benzene rings is 1. The van der Waals surface area contributed by atoms with E-state index in [9.17, 15) is 17.4 Å². The summed E-state index contributed by atoms with van der Waals surface area (Å²) in [4.78, 5) is 0. The SMILES string of the molecule is COC[C@H](OS(=O)O)c1ccc(C(F)(F)F)cc1.[Y]. The molecule has 0 saturated heterocycles. The molecule has 1 aromatic rings. The molecule has 0 bridgehead atoms. The summed E-state index contributed by atoms with van der Waals surface area (Å²) in [5.74, 6) is 0. The minimum absolute atomic E-state index is 0. The Labute approximate surface area is 136 Å². The number of hydrogen-bond donors (Lipinski definition) is 1. The summed E-state index contributed by atoms with van der Waals surface area (Å²) in [6.45, 7) is -0.0440. The monoisotopic (exact) mass is 373 g/mol. The van der Waals surface area contributed by atoms with Crippen LogP contribution < -0.4 is 0 Å². The molecule has 4 nitrogen and oxygen atoms in total. The van der Waals surface area contributed by atoms with E-state index in [-0.39, 0.29) is 39.3 Å². The van der Waals surface area contributed by atoms with Gasteiger partial charge in [-0.2, -0.15) is 17.4 Å². The van der Waals surface area contributed by atoms with Crippen molar-refractivity contribution in [1.82, 2.24) is 0 Å². The maximum absolute atomic E-state index is 12.3. The molecule has 1 unspecified atom stereocenters. The number of rotatable bonds is 5. The Hall–Kier alpha value is 0.144. The van der Waals surface area contributed by atoms with Crippen LogP contribution in [0.15, 0.2) is 24.3 Å². The van der Waals surface area contributed by atoms with E-state index in [2.05, 4.69) is 4.18 Å². The fraction of sp³-hybridized carbons (Fsp3) is 0.400. The molecule has 0 aliphatic carbocycles. The van der Waals surface area contributed by atoms with Crippen LogP contribution in [0.1, 0.15) is 17.2 Å². The van der Waals surface area contributed by atoms with E-state index in [1.54, 1.807) is 0 Å². The number of methoxy groups -OCH3 is 1. The van der Waals surface area contributed by atoms with E-state index in [4.69, 9.17) is 9.29 Å².